The van der Waals surface area contributed by atoms with Gasteiger partial charge in [0.2, 0.25) is 0 Å². The van der Waals surface area contributed by atoms with Crippen LogP contribution in [0.1, 0.15) is 25.0 Å². The van der Waals surface area contributed by atoms with Crippen molar-refractivity contribution in [2.75, 3.05) is 5.32 Å². The van der Waals surface area contributed by atoms with Gasteiger partial charge in [0.1, 0.15) is 17.4 Å². The second kappa shape index (κ2) is 8.50. The highest BCUT2D eigenvalue weighted by Crippen LogP contribution is 2.26. The maximum absolute atomic E-state index is 12.4. The van der Waals surface area contributed by atoms with Gasteiger partial charge < -0.3 is 10.1 Å². The molecule has 0 saturated carbocycles. The van der Waals surface area contributed by atoms with E-state index in [-0.39, 0.29) is 11.7 Å². The largest absolute Gasteiger partial charge is 0.490 e. The Morgan fingerprint density at radius 1 is 1.24 bits per heavy atom. The summed E-state index contributed by atoms with van der Waals surface area (Å²) in [4.78, 5) is 12.4. The molecule has 2 aromatic carbocycles. The number of carbonyl (C=O) groups is 1. The quantitative estimate of drug-likeness (QED) is 0.563. The normalized spacial score (nSPS) is 11.1. The fraction of sp³-hybridized carbons (Fsp3) is 0.200. The van der Waals surface area contributed by atoms with E-state index in [1.54, 1.807) is 12.1 Å². The summed E-state index contributed by atoms with van der Waals surface area (Å²) in [5.41, 5.74) is 2.41. The third kappa shape index (κ3) is 5.47. The van der Waals surface area contributed by atoms with Crippen LogP contribution in [0.3, 0.4) is 0 Å². The number of benzene rings is 2. The lowest BCUT2D eigenvalue weighted by atomic mass is 10.1. The number of ether oxygens (including phenoxy) is 1. The van der Waals surface area contributed by atoms with E-state index in [0.717, 1.165) is 10.0 Å². The summed E-state index contributed by atoms with van der Waals surface area (Å²) in [6, 6.07) is 14.8. The summed E-state index contributed by atoms with van der Waals surface area (Å²) in [7, 11) is 0. The van der Waals surface area contributed by atoms with E-state index < -0.39 is 5.91 Å². The van der Waals surface area contributed by atoms with Crippen molar-refractivity contribution >= 4 is 33.6 Å². The highest BCUT2D eigenvalue weighted by Gasteiger charge is 2.12. The number of nitrogens with one attached hydrogen (secondary N) is 1. The van der Waals surface area contributed by atoms with Crippen molar-refractivity contribution in [3.05, 3.63) is 63.6 Å². The number of carbonyl (C=O) groups excluding carboxylic acids is 1. The summed E-state index contributed by atoms with van der Waals surface area (Å²) in [5.74, 6) is 0.163. The smallest absolute Gasteiger partial charge is 0.266 e. The SMILES string of the molecule is Cc1ccc(NC(=O)/C(C#N)=C/c2cc(Br)ccc2OC(C)C)cc1. The van der Waals surface area contributed by atoms with Gasteiger partial charge in [0.05, 0.1) is 6.10 Å². The van der Waals surface area contributed by atoms with Gasteiger partial charge in [-0.2, -0.15) is 5.26 Å². The lowest BCUT2D eigenvalue weighted by Gasteiger charge is -2.13. The van der Waals surface area contributed by atoms with Gasteiger partial charge in [0, 0.05) is 15.7 Å². The van der Waals surface area contributed by atoms with Gasteiger partial charge in [0.25, 0.3) is 5.91 Å². The van der Waals surface area contributed by atoms with E-state index in [9.17, 15) is 10.1 Å². The monoisotopic (exact) mass is 398 g/mol. The number of nitriles is 1. The molecule has 0 bridgehead atoms. The zero-order chi connectivity index (χ0) is 18.4. The van der Waals surface area contributed by atoms with Crippen molar-refractivity contribution in [3.63, 3.8) is 0 Å². The molecule has 0 atom stereocenters. The zero-order valence-electron chi connectivity index (χ0n) is 14.3. The van der Waals surface area contributed by atoms with Crippen LogP contribution in [0, 0.1) is 18.3 Å². The average molecular weight is 399 g/mol. The first-order valence-electron chi connectivity index (χ1n) is 7.85. The Bertz CT molecular complexity index is 834. The molecule has 0 unspecified atom stereocenters. The number of nitrogens with zero attached hydrogens (tertiary/aromatic N) is 1. The highest BCUT2D eigenvalue weighted by atomic mass is 79.9. The predicted molar refractivity (Wildman–Crippen MR) is 103 cm³/mol. The summed E-state index contributed by atoms with van der Waals surface area (Å²) in [5, 5.41) is 12.1. The fourth-order valence-corrected chi connectivity index (χ4v) is 2.51. The maximum Gasteiger partial charge on any atom is 0.266 e. The minimum atomic E-state index is -0.457. The van der Waals surface area contributed by atoms with Gasteiger partial charge in [-0.05, 0) is 57.2 Å². The molecule has 4 nitrogen and oxygen atoms in total. The van der Waals surface area contributed by atoms with Crippen molar-refractivity contribution in [1.82, 2.24) is 0 Å². The van der Waals surface area contributed by atoms with Gasteiger partial charge in [-0.25, -0.2) is 0 Å². The minimum absolute atomic E-state index is 0.00674. The number of anilines is 1. The summed E-state index contributed by atoms with van der Waals surface area (Å²) in [6.07, 6.45) is 1.52. The number of aryl methyl sites for hydroxylation is 1. The maximum atomic E-state index is 12.4. The molecule has 5 heteroatoms. The number of rotatable bonds is 5. The third-order valence-corrected chi connectivity index (χ3v) is 3.80. The van der Waals surface area contributed by atoms with E-state index in [2.05, 4.69) is 21.2 Å². The average Bonchev–Trinajstić information content (AvgIpc) is 2.56. The molecule has 1 N–H and O–H groups in total. The Balaban J connectivity index is 2.30. The van der Waals surface area contributed by atoms with Gasteiger partial charge in [0.15, 0.2) is 0 Å². The number of halogens is 1. The number of amides is 1. The predicted octanol–water partition coefficient (Wildman–Crippen LogP) is 5.09. The minimum Gasteiger partial charge on any atom is -0.490 e. The summed E-state index contributed by atoms with van der Waals surface area (Å²) >= 11 is 3.40. The van der Waals surface area contributed by atoms with Crippen LogP contribution in [0.4, 0.5) is 5.69 Å². The molecular formula is C20H19BrN2O2. The third-order valence-electron chi connectivity index (χ3n) is 3.31. The summed E-state index contributed by atoms with van der Waals surface area (Å²) < 4.78 is 6.59. The molecule has 0 aliphatic carbocycles. The number of hydrogen-bond donors (Lipinski definition) is 1. The van der Waals surface area contributed by atoms with Crippen LogP contribution < -0.4 is 10.1 Å². The van der Waals surface area contributed by atoms with Gasteiger partial charge in [-0.1, -0.05) is 33.6 Å². The lowest BCUT2D eigenvalue weighted by molar-refractivity contribution is -0.112. The van der Waals surface area contributed by atoms with Gasteiger partial charge in [-0.15, -0.1) is 0 Å². The molecule has 1 amide bonds. The molecule has 0 radical (unpaired) electrons. The Kier molecular flexibility index (Phi) is 6.37. The van der Waals surface area contributed by atoms with E-state index in [1.807, 2.05) is 57.2 Å². The first kappa shape index (κ1) is 18.8. The van der Waals surface area contributed by atoms with Crippen LogP contribution in [-0.2, 0) is 4.79 Å². The topological polar surface area (TPSA) is 62.1 Å². The molecule has 128 valence electrons. The van der Waals surface area contributed by atoms with Gasteiger partial charge >= 0.3 is 0 Å². The van der Waals surface area contributed by atoms with E-state index >= 15 is 0 Å². The number of hydrogen-bond acceptors (Lipinski definition) is 3. The van der Waals surface area contributed by atoms with Crippen molar-refractivity contribution in [1.29, 1.82) is 5.26 Å². The van der Waals surface area contributed by atoms with Crippen LogP contribution in [0.2, 0.25) is 0 Å². The molecule has 2 rings (SSSR count). The van der Waals surface area contributed by atoms with Crippen LogP contribution in [0.5, 0.6) is 5.75 Å². The molecule has 2 aromatic rings. The summed E-state index contributed by atoms with van der Waals surface area (Å²) in [6.45, 7) is 5.81. The lowest BCUT2D eigenvalue weighted by Crippen LogP contribution is -2.13. The molecule has 0 fully saturated rings. The Morgan fingerprint density at radius 2 is 1.92 bits per heavy atom. The molecule has 25 heavy (non-hydrogen) atoms. The van der Waals surface area contributed by atoms with E-state index in [4.69, 9.17) is 4.74 Å². The van der Waals surface area contributed by atoms with Crippen molar-refractivity contribution < 1.29 is 9.53 Å². The molecule has 0 aromatic heterocycles. The second-order valence-corrected chi connectivity index (χ2v) is 6.75. The first-order valence-corrected chi connectivity index (χ1v) is 8.64. The molecule has 0 heterocycles. The van der Waals surface area contributed by atoms with Gasteiger partial charge in [-0.3, -0.25) is 4.79 Å². The zero-order valence-corrected chi connectivity index (χ0v) is 15.9. The van der Waals surface area contributed by atoms with Crippen molar-refractivity contribution in [3.8, 4) is 11.8 Å². The fourth-order valence-electron chi connectivity index (χ4n) is 2.13. The molecule has 0 spiro atoms. The van der Waals surface area contributed by atoms with Crippen molar-refractivity contribution in [2.45, 2.75) is 26.9 Å². The van der Waals surface area contributed by atoms with E-state index in [1.165, 1.54) is 6.08 Å². The molecule has 0 aliphatic rings. The molecular weight excluding hydrogens is 380 g/mol. The van der Waals surface area contributed by atoms with Crippen LogP contribution in [0.25, 0.3) is 6.08 Å². The van der Waals surface area contributed by atoms with Crippen LogP contribution in [0.15, 0.2) is 52.5 Å². The Hall–Kier alpha value is -2.58. The molecule has 0 saturated heterocycles. The molecule has 0 aliphatic heterocycles. The van der Waals surface area contributed by atoms with Crippen LogP contribution >= 0.6 is 15.9 Å². The van der Waals surface area contributed by atoms with Crippen LogP contribution in [-0.4, -0.2) is 12.0 Å². The standard InChI is InChI=1S/C20H19BrN2O2/c1-13(2)25-19-9-6-17(21)11-15(19)10-16(12-22)20(24)23-18-7-4-14(3)5-8-18/h4-11,13H,1-3H3,(H,23,24)/b16-10+. The van der Waals surface area contributed by atoms with Crippen molar-refractivity contribution in [2.24, 2.45) is 0 Å². The van der Waals surface area contributed by atoms with E-state index in [0.29, 0.717) is 17.0 Å². The first-order chi connectivity index (χ1) is 11.9. The highest BCUT2D eigenvalue weighted by molar-refractivity contribution is 9.10. The second-order valence-electron chi connectivity index (χ2n) is 5.84. The Labute approximate surface area is 156 Å². The Morgan fingerprint density at radius 3 is 2.52 bits per heavy atom.